The minimum Gasteiger partial charge on any atom is -0.459 e. The van der Waals surface area contributed by atoms with E-state index in [9.17, 15) is 35.1 Å². The quantitative estimate of drug-likeness (QED) is 0.119. The van der Waals surface area contributed by atoms with Crippen molar-refractivity contribution in [1.82, 2.24) is 0 Å². The van der Waals surface area contributed by atoms with Crippen molar-refractivity contribution in [2.45, 2.75) is 101 Å². The molecule has 2 aromatic rings. The fourth-order valence-corrected chi connectivity index (χ4v) is 5.95. The number of rotatable bonds is 17. The lowest BCUT2D eigenvalue weighted by Gasteiger charge is -2.25. The van der Waals surface area contributed by atoms with E-state index in [1.165, 1.54) is 11.3 Å². The normalized spacial score (nSPS) is 19.1. The second-order valence-corrected chi connectivity index (χ2v) is 11.8. The number of esters is 1. The van der Waals surface area contributed by atoms with Crippen molar-refractivity contribution in [2.75, 3.05) is 18.1 Å². The standard InChI is InChI=1S/C30H43NO9S/c1-2-3-4-8-23(33)19-9-11-21(12-10-19)31-20(13-16-27(31)36)6-5-7-22-14-15-26(41-22)30(39)40-18-25(35)29(38)28(37)24(34)17-32/h9-12,14-15,20,23-25,28-29,32-35,37-38H,2-8,13,16-18H2,1H3/t20-,23-,24+,25-,28-,29+/m0/s1. The molecule has 1 amide bonds. The van der Waals surface area contributed by atoms with Gasteiger partial charge in [-0.3, -0.25) is 4.79 Å². The monoisotopic (exact) mass is 593 g/mol. The number of unbranched alkanes of at least 4 members (excludes halogenated alkanes) is 2. The van der Waals surface area contributed by atoms with Crippen LogP contribution in [0.5, 0.6) is 0 Å². The van der Waals surface area contributed by atoms with Crippen molar-refractivity contribution < 1.29 is 45.0 Å². The third-order valence-electron chi connectivity index (χ3n) is 7.50. The molecule has 6 N–H and O–H groups in total. The minimum absolute atomic E-state index is 0.0832. The third-order valence-corrected chi connectivity index (χ3v) is 8.62. The molecule has 10 nitrogen and oxygen atoms in total. The van der Waals surface area contributed by atoms with Crippen LogP contribution >= 0.6 is 11.3 Å². The van der Waals surface area contributed by atoms with Gasteiger partial charge in [-0.15, -0.1) is 11.3 Å². The van der Waals surface area contributed by atoms with Crippen molar-refractivity contribution in [3.63, 3.8) is 0 Å². The summed E-state index contributed by atoms with van der Waals surface area (Å²) in [4.78, 5) is 28.2. The summed E-state index contributed by atoms with van der Waals surface area (Å²) in [5.41, 5.74) is 1.71. The number of aryl methyl sites for hydroxylation is 1. The lowest BCUT2D eigenvalue weighted by Crippen LogP contribution is -2.47. The Hall–Kier alpha value is -2.38. The Morgan fingerprint density at radius 2 is 1.71 bits per heavy atom. The molecule has 0 unspecified atom stereocenters. The summed E-state index contributed by atoms with van der Waals surface area (Å²) < 4.78 is 5.04. The molecule has 11 heteroatoms. The zero-order valence-corrected chi connectivity index (χ0v) is 24.3. The van der Waals surface area contributed by atoms with E-state index in [1.54, 1.807) is 6.07 Å². The Balaban J connectivity index is 1.47. The van der Waals surface area contributed by atoms with Gasteiger partial charge in [0.2, 0.25) is 5.91 Å². The van der Waals surface area contributed by atoms with Gasteiger partial charge in [0, 0.05) is 23.0 Å². The number of benzene rings is 1. The van der Waals surface area contributed by atoms with Crippen LogP contribution in [-0.4, -0.2) is 86.2 Å². The number of thiophene rings is 1. The summed E-state index contributed by atoms with van der Waals surface area (Å²) in [6.07, 6.45) is 0.152. The predicted octanol–water partition coefficient (Wildman–Crippen LogP) is 2.47. The number of nitrogens with zero attached hydrogens (tertiary/aromatic N) is 1. The smallest absolute Gasteiger partial charge is 0.348 e. The average molecular weight is 594 g/mol. The molecule has 0 bridgehead atoms. The number of carbonyl (C=O) groups excluding carboxylic acids is 2. The van der Waals surface area contributed by atoms with Gasteiger partial charge in [0.05, 0.1) is 12.7 Å². The molecular weight excluding hydrogens is 550 g/mol. The van der Waals surface area contributed by atoms with Crippen molar-refractivity contribution in [3.05, 3.63) is 51.7 Å². The van der Waals surface area contributed by atoms with Crippen LogP contribution < -0.4 is 4.90 Å². The van der Waals surface area contributed by atoms with E-state index in [0.717, 1.165) is 61.1 Å². The zero-order valence-electron chi connectivity index (χ0n) is 23.5. The molecule has 228 valence electrons. The van der Waals surface area contributed by atoms with Gasteiger partial charge in [0.15, 0.2) is 0 Å². The Morgan fingerprint density at radius 1 is 1.00 bits per heavy atom. The Kier molecular flexibility index (Phi) is 13.2. The highest BCUT2D eigenvalue weighted by molar-refractivity contribution is 7.13. The maximum Gasteiger partial charge on any atom is 0.348 e. The van der Waals surface area contributed by atoms with Crippen molar-refractivity contribution >= 4 is 28.9 Å². The van der Waals surface area contributed by atoms with Crippen LogP contribution in [0.25, 0.3) is 0 Å². The summed E-state index contributed by atoms with van der Waals surface area (Å²) in [6, 6.07) is 11.2. The van der Waals surface area contributed by atoms with Crippen LogP contribution in [0, 0.1) is 0 Å². The Bertz CT molecular complexity index is 1090. The Morgan fingerprint density at radius 3 is 2.39 bits per heavy atom. The average Bonchev–Trinajstić information content (AvgIpc) is 3.61. The van der Waals surface area contributed by atoms with Gasteiger partial charge in [-0.05, 0) is 61.9 Å². The molecule has 1 aliphatic heterocycles. The molecule has 0 aliphatic carbocycles. The SMILES string of the molecule is CCCCC[C@H](O)c1ccc(N2C(=O)CC[C@@H]2CCCc2ccc(C(=O)OC[C@H](O)[C@@H](O)[C@@H](O)[C@H](O)CO)s2)cc1. The molecule has 1 aromatic carbocycles. The largest absolute Gasteiger partial charge is 0.459 e. The molecule has 0 saturated carbocycles. The van der Waals surface area contributed by atoms with E-state index in [-0.39, 0.29) is 11.9 Å². The third kappa shape index (κ3) is 9.31. The molecule has 1 aliphatic rings. The van der Waals surface area contributed by atoms with Gasteiger partial charge in [-0.1, -0.05) is 38.3 Å². The highest BCUT2D eigenvalue weighted by Gasteiger charge is 2.32. The molecule has 2 heterocycles. The predicted molar refractivity (Wildman–Crippen MR) is 155 cm³/mol. The van der Waals surface area contributed by atoms with E-state index in [4.69, 9.17) is 9.84 Å². The number of carbonyl (C=O) groups is 2. The van der Waals surface area contributed by atoms with Gasteiger partial charge in [-0.25, -0.2) is 4.79 Å². The van der Waals surface area contributed by atoms with E-state index in [2.05, 4.69) is 6.92 Å². The summed E-state index contributed by atoms with van der Waals surface area (Å²) in [5, 5.41) is 58.1. The molecule has 41 heavy (non-hydrogen) atoms. The number of aliphatic hydroxyl groups excluding tert-OH is 6. The van der Waals surface area contributed by atoms with Gasteiger partial charge < -0.3 is 40.3 Å². The molecule has 3 rings (SSSR count). The van der Waals surface area contributed by atoms with Crippen molar-refractivity contribution in [2.24, 2.45) is 0 Å². The first-order valence-corrected chi connectivity index (χ1v) is 15.2. The van der Waals surface area contributed by atoms with Gasteiger partial charge in [0.25, 0.3) is 0 Å². The first-order valence-electron chi connectivity index (χ1n) is 14.3. The summed E-state index contributed by atoms with van der Waals surface area (Å²) in [5.74, 6) is -0.589. The van der Waals surface area contributed by atoms with E-state index in [1.807, 2.05) is 35.2 Å². The first-order chi connectivity index (χ1) is 19.7. The summed E-state index contributed by atoms with van der Waals surface area (Å²) in [6.45, 7) is 0.745. The van der Waals surface area contributed by atoms with Gasteiger partial charge in [0.1, 0.15) is 35.9 Å². The van der Waals surface area contributed by atoms with Crippen LogP contribution in [0.3, 0.4) is 0 Å². The number of hydrogen-bond donors (Lipinski definition) is 6. The maximum absolute atomic E-state index is 12.7. The van der Waals surface area contributed by atoms with Crippen LogP contribution in [0.2, 0.25) is 0 Å². The highest BCUT2D eigenvalue weighted by Crippen LogP contribution is 2.31. The van der Waals surface area contributed by atoms with E-state index >= 15 is 0 Å². The van der Waals surface area contributed by atoms with Crippen LogP contribution in [0.15, 0.2) is 36.4 Å². The number of ether oxygens (including phenoxy) is 1. The minimum atomic E-state index is -1.80. The van der Waals surface area contributed by atoms with Gasteiger partial charge >= 0.3 is 5.97 Å². The molecule has 6 atom stereocenters. The molecular formula is C30H43NO9S. The molecule has 1 saturated heterocycles. The number of aliphatic hydroxyl groups is 6. The molecule has 1 fully saturated rings. The van der Waals surface area contributed by atoms with Crippen LogP contribution in [0.1, 0.15) is 84.5 Å². The number of hydrogen-bond acceptors (Lipinski definition) is 10. The molecule has 1 aromatic heterocycles. The fraction of sp³-hybridized carbons (Fsp3) is 0.600. The summed E-state index contributed by atoms with van der Waals surface area (Å²) >= 11 is 1.26. The Labute approximate surface area is 244 Å². The first kappa shape index (κ1) is 33.1. The topological polar surface area (TPSA) is 168 Å². The zero-order chi connectivity index (χ0) is 29.9. The highest BCUT2D eigenvalue weighted by atomic mass is 32.1. The van der Waals surface area contributed by atoms with Crippen LogP contribution in [-0.2, 0) is 16.0 Å². The van der Waals surface area contributed by atoms with Crippen molar-refractivity contribution in [1.29, 1.82) is 0 Å². The second kappa shape index (κ2) is 16.3. The van der Waals surface area contributed by atoms with Gasteiger partial charge in [-0.2, -0.15) is 0 Å². The lowest BCUT2D eigenvalue weighted by atomic mass is 10.0. The summed E-state index contributed by atoms with van der Waals surface area (Å²) in [7, 11) is 0. The van der Waals surface area contributed by atoms with Crippen molar-refractivity contribution in [3.8, 4) is 0 Å². The number of anilines is 1. The number of amides is 1. The van der Waals surface area contributed by atoms with Crippen LogP contribution in [0.4, 0.5) is 5.69 Å². The maximum atomic E-state index is 12.7. The van der Waals surface area contributed by atoms with E-state index < -0.39 is 49.7 Å². The fourth-order valence-electron chi connectivity index (χ4n) is 5.01. The second-order valence-electron chi connectivity index (χ2n) is 10.6. The molecule has 0 radical (unpaired) electrons. The lowest BCUT2D eigenvalue weighted by molar-refractivity contribution is -0.124. The van der Waals surface area contributed by atoms with E-state index in [0.29, 0.717) is 17.7 Å². The molecule has 0 spiro atoms.